The fraction of sp³-hybridized carbons (Fsp3) is 0.643. The normalized spacial score (nSPS) is 19.8. The summed E-state index contributed by atoms with van der Waals surface area (Å²) in [6.07, 6.45) is 2.27. The number of carbonyl (C=O) groups excluding carboxylic acids is 1. The first-order valence-corrected chi connectivity index (χ1v) is 7.88. The molecule has 2 rings (SSSR count). The van der Waals surface area contributed by atoms with Crippen molar-refractivity contribution in [2.75, 3.05) is 27.2 Å². The summed E-state index contributed by atoms with van der Waals surface area (Å²) >= 11 is 7.27. The maximum absolute atomic E-state index is 12.4. The molecule has 2 heterocycles. The summed E-state index contributed by atoms with van der Waals surface area (Å²) < 4.78 is 0.678. The number of nitrogens with zero attached hydrogens (tertiary/aromatic N) is 2. The number of piperidine rings is 1. The predicted octanol–water partition coefficient (Wildman–Crippen LogP) is 3.00. The molecule has 0 radical (unpaired) electrons. The number of hydrogen-bond acceptors (Lipinski definition) is 4. The number of rotatable bonds is 4. The molecular weight excluding hydrogens is 280 g/mol. The number of likely N-dealkylation sites (N-methyl/N-ethyl adjacent to an activating group) is 1. The van der Waals surface area contributed by atoms with Crippen molar-refractivity contribution in [1.82, 2.24) is 9.80 Å². The van der Waals surface area contributed by atoms with Crippen LogP contribution < -0.4 is 0 Å². The quantitative estimate of drug-likeness (QED) is 0.799. The van der Waals surface area contributed by atoms with Gasteiger partial charge in [-0.2, -0.15) is 0 Å². The van der Waals surface area contributed by atoms with E-state index in [-0.39, 0.29) is 11.8 Å². The molecular formula is C14H21ClN2OS. The van der Waals surface area contributed by atoms with Crippen LogP contribution in [0, 0.1) is 0 Å². The van der Waals surface area contributed by atoms with E-state index in [4.69, 9.17) is 11.6 Å². The number of carbonyl (C=O) groups is 1. The lowest BCUT2D eigenvalue weighted by Gasteiger charge is -2.37. The van der Waals surface area contributed by atoms with Crippen LogP contribution in [0.25, 0.3) is 0 Å². The van der Waals surface area contributed by atoms with Gasteiger partial charge < -0.3 is 4.90 Å². The molecule has 1 atom stereocenters. The summed E-state index contributed by atoms with van der Waals surface area (Å²) in [5.74, 6) is 0.179. The Kier molecular flexibility index (Phi) is 5.01. The fourth-order valence-corrected chi connectivity index (χ4v) is 3.62. The minimum atomic E-state index is -0.0804. The van der Waals surface area contributed by atoms with Crippen LogP contribution in [0.4, 0.5) is 0 Å². The van der Waals surface area contributed by atoms with Gasteiger partial charge in [-0.05, 0) is 59.1 Å². The van der Waals surface area contributed by atoms with Crippen molar-refractivity contribution in [3.8, 4) is 0 Å². The van der Waals surface area contributed by atoms with Crippen molar-refractivity contribution < 1.29 is 4.79 Å². The summed E-state index contributed by atoms with van der Waals surface area (Å²) in [5.41, 5.74) is 0. The van der Waals surface area contributed by atoms with Crippen LogP contribution in [0.3, 0.4) is 0 Å². The topological polar surface area (TPSA) is 23.6 Å². The summed E-state index contributed by atoms with van der Waals surface area (Å²) in [6.45, 7) is 4.22. The third kappa shape index (κ3) is 3.57. The van der Waals surface area contributed by atoms with Crippen molar-refractivity contribution in [3.05, 3.63) is 21.3 Å². The molecule has 1 saturated heterocycles. The molecule has 0 spiro atoms. The van der Waals surface area contributed by atoms with Gasteiger partial charge in [-0.15, -0.1) is 11.3 Å². The zero-order chi connectivity index (χ0) is 14.0. The molecule has 1 aliphatic heterocycles. The Labute approximate surface area is 124 Å². The molecule has 3 nitrogen and oxygen atoms in total. The number of likely N-dealkylation sites (tertiary alicyclic amines) is 1. The molecule has 1 fully saturated rings. The smallest absolute Gasteiger partial charge is 0.189 e. The molecule has 1 unspecified atom stereocenters. The van der Waals surface area contributed by atoms with E-state index in [2.05, 4.69) is 23.9 Å². The first kappa shape index (κ1) is 15.0. The minimum Gasteiger partial charge on any atom is -0.306 e. The Morgan fingerprint density at radius 1 is 1.47 bits per heavy atom. The molecule has 106 valence electrons. The van der Waals surface area contributed by atoms with Gasteiger partial charge in [0.05, 0.1) is 15.3 Å². The minimum absolute atomic E-state index is 0.0804. The van der Waals surface area contributed by atoms with Crippen molar-refractivity contribution in [3.63, 3.8) is 0 Å². The van der Waals surface area contributed by atoms with E-state index in [0.29, 0.717) is 10.4 Å². The Morgan fingerprint density at radius 2 is 2.11 bits per heavy atom. The molecule has 0 amide bonds. The highest BCUT2D eigenvalue weighted by Gasteiger charge is 2.28. The summed E-state index contributed by atoms with van der Waals surface area (Å²) in [5, 5.41) is 0. The van der Waals surface area contributed by atoms with Gasteiger partial charge in [-0.1, -0.05) is 11.6 Å². The average molecular weight is 301 g/mol. The Balaban J connectivity index is 1.98. The van der Waals surface area contributed by atoms with Crippen LogP contribution in [0.5, 0.6) is 0 Å². The van der Waals surface area contributed by atoms with E-state index in [1.165, 1.54) is 11.3 Å². The molecule has 1 aromatic heterocycles. The second-order valence-corrected chi connectivity index (χ2v) is 7.06. The van der Waals surface area contributed by atoms with Gasteiger partial charge in [0, 0.05) is 6.04 Å². The van der Waals surface area contributed by atoms with Crippen molar-refractivity contribution in [2.24, 2.45) is 0 Å². The maximum atomic E-state index is 12.4. The van der Waals surface area contributed by atoms with E-state index < -0.39 is 0 Å². The highest BCUT2D eigenvalue weighted by Crippen LogP contribution is 2.25. The third-order valence-electron chi connectivity index (χ3n) is 4.07. The zero-order valence-electron chi connectivity index (χ0n) is 11.7. The molecule has 0 N–H and O–H groups in total. The second-order valence-electron chi connectivity index (χ2n) is 5.34. The summed E-state index contributed by atoms with van der Waals surface area (Å²) in [4.78, 5) is 17.7. The SMILES string of the molecule is CC(C(=O)c1ccc(Cl)s1)N(C)C1CCN(C)CC1. The largest absolute Gasteiger partial charge is 0.306 e. The predicted molar refractivity (Wildman–Crippen MR) is 81.4 cm³/mol. The first-order chi connectivity index (χ1) is 8.99. The Morgan fingerprint density at radius 3 is 2.63 bits per heavy atom. The Hall–Kier alpha value is -0.420. The van der Waals surface area contributed by atoms with Crippen LogP contribution in [-0.4, -0.2) is 54.9 Å². The Bertz CT molecular complexity index is 440. The molecule has 0 aromatic carbocycles. The van der Waals surface area contributed by atoms with E-state index in [9.17, 15) is 4.79 Å². The summed E-state index contributed by atoms with van der Waals surface area (Å²) in [7, 11) is 4.21. The van der Waals surface area contributed by atoms with Crippen molar-refractivity contribution >= 4 is 28.7 Å². The fourth-order valence-electron chi connectivity index (χ4n) is 2.56. The molecule has 1 aromatic rings. The van der Waals surface area contributed by atoms with Crippen molar-refractivity contribution in [1.29, 1.82) is 0 Å². The van der Waals surface area contributed by atoms with E-state index in [0.717, 1.165) is 30.8 Å². The molecule has 5 heteroatoms. The monoisotopic (exact) mass is 300 g/mol. The number of hydrogen-bond donors (Lipinski definition) is 0. The number of halogens is 1. The van der Waals surface area contributed by atoms with Gasteiger partial charge in [0.1, 0.15) is 0 Å². The molecule has 0 saturated carbocycles. The van der Waals surface area contributed by atoms with Crippen molar-refractivity contribution in [2.45, 2.75) is 31.8 Å². The van der Waals surface area contributed by atoms with Gasteiger partial charge in [-0.3, -0.25) is 9.69 Å². The summed E-state index contributed by atoms with van der Waals surface area (Å²) in [6, 6.07) is 4.05. The van der Waals surface area contributed by atoms with E-state index in [1.807, 2.05) is 13.0 Å². The maximum Gasteiger partial charge on any atom is 0.189 e. The number of Topliss-reactive ketones (excluding diaryl/α,β-unsaturated/α-hetero) is 1. The lowest BCUT2D eigenvalue weighted by molar-refractivity contribution is 0.0735. The van der Waals surface area contributed by atoms with E-state index >= 15 is 0 Å². The molecule has 0 bridgehead atoms. The van der Waals surface area contributed by atoms with Crippen LogP contribution >= 0.6 is 22.9 Å². The lowest BCUT2D eigenvalue weighted by atomic mass is 10.0. The highest BCUT2D eigenvalue weighted by atomic mass is 35.5. The van der Waals surface area contributed by atoms with Gasteiger partial charge in [0.25, 0.3) is 0 Å². The standard InChI is InChI=1S/C14H21ClN2OS/c1-10(14(18)12-4-5-13(15)19-12)17(3)11-6-8-16(2)9-7-11/h4-5,10-11H,6-9H2,1-3H3. The number of thiophene rings is 1. The number of ketones is 1. The first-order valence-electron chi connectivity index (χ1n) is 6.69. The molecule has 1 aliphatic rings. The van der Waals surface area contributed by atoms with Gasteiger partial charge in [0.2, 0.25) is 0 Å². The average Bonchev–Trinajstić information content (AvgIpc) is 2.84. The van der Waals surface area contributed by atoms with Crippen LogP contribution in [-0.2, 0) is 0 Å². The lowest BCUT2D eigenvalue weighted by Crippen LogP contribution is -2.47. The molecule has 19 heavy (non-hydrogen) atoms. The third-order valence-corrected chi connectivity index (χ3v) is 5.32. The van der Waals surface area contributed by atoms with E-state index in [1.54, 1.807) is 6.07 Å². The second kappa shape index (κ2) is 6.35. The molecule has 0 aliphatic carbocycles. The van der Waals surface area contributed by atoms with Crippen LogP contribution in [0.1, 0.15) is 29.4 Å². The zero-order valence-corrected chi connectivity index (χ0v) is 13.3. The van der Waals surface area contributed by atoms with Crippen LogP contribution in [0.2, 0.25) is 4.34 Å². The van der Waals surface area contributed by atoms with Crippen LogP contribution in [0.15, 0.2) is 12.1 Å². The van der Waals surface area contributed by atoms with Gasteiger partial charge in [-0.25, -0.2) is 0 Å². The van der Waals surface area contributed by atoms with Gasteiger partial charge in [0.15, 0.2) is 5.78 Å². The van der Waals surface area contributed by atoms with Gasteiger partial charge >= 0.3 is 0 Å². The highest BCUT2D eigenvalue weighted by molar-refractivity contribution is 7.18.